The van der Waals surface area contributed by atoms with Gasteiger partial charge in [-0.15, -0.1) is 24.0 Å². The van der Waals surface area contributed by atoms with Gasteiger partial charge in [0.1, 0.15) is 5.82 Å². The van der Waals surface area contributed by atoms with Gasteiger partial charge >= 0.3 is 0 Å². The van der Waals surface area contributed by atoms with Gasteiger partial charge in [-0.25, -0.2) is 4.98 Å². The van der Waals surface area contributed by atoms with Gasteiger partial charge in [0.2, 0.25) is 5.13 Å². The molecule has 0 bridgehead atoms. The highest BCUT2D eigenvalue weighted by molar-refractivity contribution is 14.0. The van der Waals surface area contributed by atoms with E-state index in [9.17, 15) is 0 Å². The number of hydrogen-bond acceptors (Lipinski definition) is 5. The summed E-state index contributed by atoms with van der Waals surface area (Å²) < 4.78 is 4.38. The van der Waals surface area contributed by atoms with E-state index in [1.54, 1.807) is 0 Å². The normalized spacial score (nSPS) is 15.5. The SMILES string of the molecule is CCCCCNC(=NC)N1CCN(c2nc(CC)ns2)CC1.I. The molecule has 1 saturated heterocycles. The van der Waals surface area contributed by atoms with Crippen LogP contribution in [0.1, 0.15) is 38.9 Å². The van der Waals surface area contributed by atoms with E-state index in [1.165, 1.54) is 30.8 Å². The van der Waals surface area contributed by atoms with Crippen LogP contribution in [0.15, 0.2) is 4.99 Å². The van der Waals surface area contributed by atoms with Crippen LogP contribution in [-0.4, -0.2) is 60.0 Å². The zero-order valence-electron chi connectivity index (χ0n) is 14.4. The topological polar surface area (TPSA) is 56.7 Å². The lowest BCUT2D eigenvalue weighted by molar-refractivity contribution is 0.372. The maximum Gasteiger partial charge on any atom is 0.205 e. The van der Waals surface area contributed by atoms with E-state index in [0.29, 0.717) is 0 Å². The molecule has 0 saturated carbocycles. The molecule has 0 unspecified atom stereocenters. The molecule has 1 aliphatic rings. The zero-order valence-corrected chi connectivity index (χ0v) is 17.6. The molecule has 23 heavy (non-hydrogen) atoms. The van der Waals surface area contributed by atoms with Gasteiger partial charge in [0.05, 0.1) is 0 Å². The third kappa shape index (κ3) is 6.06. The van der Waals surface area contributed by atoms with E-state index in [4.69, 9.17) is 0 Å². The van der Waals surface area contributed by atoms with Crippen molar-refractivity contribution in [1.82, 2.24) is 19.6 Å². The van der Waals surface area contributed by atoms with E-state index in [0.717, 1.165) is 56.1 Å². The molecule has 0 atom stereocenters. The number of nitrogens with one attached hydrogen (secondary N) is 1. The van der Waals surface area contributed by atoms with Gasteiger partial charge in [0.25, 0.3) is 0 Å². The number of piperazine rings is 1. The third-order valence-electron chi connectivity index (χ3n) is 3.90. The second-order valence-corrected chi connectivity index (χ2v) is 6.23. The first-order valence-electron chi connectivity index (χ1n) is 8.31. The molecular formula is C15H29IN6S. The third-order valence-corrected chi connectivity index (χ3v) is 4.71. The average Bonchev–Trinajstić information content (AvgIpc) is 3.04. The summed E-state index contributed by atoms with van der Waals surface area (Å²) in [6.07, 6.45) is 4.64. The minimum atomic E-state index is 0. The number of aromatic nitrogens is 2. The number of rotatable bonds is 6. The minimum absolute atomic E-state index is 0. The number of hydrogen-bond donors (Lipinski definition) is 1. The molecule has 1 fully saturated rings. The summed E-state index contributed by atoms with van der Waals surface area (Å²) in [5.41, 5.74) is 0. The molecule has 0 aromatic carbocycles. The van der Waals surface area contributed by atoms with Crippen LogP contribution in [0.4, 0.5) is 5.13 Å². The van der Waals surface area contributed by atoms with Crippen molar-refractivity contribution in [1.29, 1.82) is 0 Å². The molecule has 0 radical (unpaired) electrons. The van der Waals surface area contributed by atoms with E-state index >= 15 is 0 Å². The zero-order chi connectivity index (χ0) is 15.8. The van der Waals surface area contributed by atoms with E-state index in [2.05, 4.69) is 43.3 Å². The number of guanidine groups is 1. The van der Waals surface area contributed by atoms with Crippen molar-refractivity contribution in [2.45, 2.75) is 39.5 Å². The first-order valence-corrected chi connectivity index (χ1v) is 9.09. The molecule has 1 aromatic rings. The van der Waals surface area contributed by atoms with E-state index < -0.39 is 0 Å². The van der Waals surface area contributed by atoms with Crippen LogP contribution in [0.5, 0.6) is 0 Å². The quantitative estimate of drug-likeness (QED) is 0.311. The maximum atomic E-state index is 4.58. The summed E-state index contributed by atoms with van der Waals surface area (Å²) in [6.45, 7) is 9.26. The van der Waals surface area contributed by atoms with Crippen molar-refractivity contribution in [3.63, 3.8) is 0 Å². The van der Waals surface area contributed by atoms with Crippen molar-refractivity contribution in [2.75, 3.05) is 44.7 Å². The van der Waals surface area contributed by atoms with Crippen LogP contribution in [0, 0.1) is 0 Å². The fourth-order valence-electron chi connectivity index (χ4n) is 2.53. The Morgan fingerprint density at radius 3 is 2.52 bits per heavy atom. The molecule has 0 spiro atoms. The largest absolute Gasteiger partial charge is 0.356 e. The van der Waals surface area contributed by atoms with Gasteiger partial charge in [-0.1, -0.05) is 26.7 Å². The highest BCUT2D eigenvalue weighted by Gasteiger charge is 2.21. The molecule has 8 heteroatoms. The first kappa shape index (κ1) is 20.4. The van der Waals surface area contributed by atoms with Crippen LogP contribution in [0.2, 0.25) is 0 Å². The Morgan fingerprint density at radius 1 is 1.22 bits per heavy atom. The van der Waals surface area contributed by atoms with Crippen LogP contribution in [0.3, 0.4) is 0 Å². The highest BCUT2D eigenvalue weighted by Crippen LogP contribution is 2.19. The molecule has 0 amide bonds. The fourth-order valence-corrected chi connectivity index (χ4v) is 3.33. The Morgan fingerprint density at radius 2 is 1.96 bits per heavy atom. The van der Waals surface area contributed by atoms with Gasteiger partial charge < -0.3 is 15.1 Å². The van der Waals surface area contributed by atoms with Crippen molar-refractivity contribution in [3.8, 4) is 0 Å². The van der Waals surface area contributed by atoms with Crippen LogP contribution in [-0.2, 0) is 6.42 Å². The second kappa shape index (κ2) is 11.0. The molecular weight excluding hydrogens is 423 g/mol. The molecule has 2 heterocycles. The fraction of sp³-hybridized carbons (Fsp3) is 0.800. The number of anilines is 1. The van der Waals surface area contributed by atoms with Crippen molar-refractivity contribution >= 4 is 46.6 Å². The predicted molar refractivity (Wildman–Crippen MR) is 109 cm³/mol. The molecule has 6 nitrogen and oxygen atoms in total. The van der Waals surface area contributed by atoms with Crippen molar-refractivity contribution < 1.29 is 0 Å². The molecule has 0 aliphatic carbocycles. The van der Waals surface area contributed by atoms with Gasteiger partial charge in [0, 0.05) is 57.7 Å². The Balaban J connectivity index is 0.00000264. The lowest BCUT2D eigenvalue weighted by atomic mass is 10.2. The van der Waals surface area contributed by atoms with Gasteiger partial charge in [-0.2, -0.15) is 4.37 Å². The van der Waals surface area contributed by atoms with Gasteiger partial charge in [0.15, 0.2) is 5.96 Å². The van der Waals surface area contributed by atoms with E-state index in [1.807, 2.05) is 7.05 Å². The standard InChI is InChI=1S/C15H28N6S.HI/c1-4-6-7-8-17-14(16-3)20-9-11-21(12-10-20)15-18-13(5-2)19-22-15;/h4-12H2,1-3H3,(H,16,17);1H. The Labute approximate surface area is 160 Å². The van der Waals surface area contributed by atoms with Crippen LogP contribution in [0.25, 0.3) is 0 Å². The van der Waals surface area contributed by atoms with Gasteiger partial charge in [-0.3, -0.25) is 4.99 Å². The van der Waals surface area contributed by atoms with Crippen LogP contribution >= 0.6 is 35.5 Å². The Kier molecular flexibility index (Phi) is 9.77. The number of halogens is 1. The number of nitrogens with zero attached hydrogens (tertiary/aromatic N) is 5. The monoisotopic (exact) mass is 452 g/mol. The smallest absolute Gasteiger partial charge is 0.205 e. The van der Waals surface area contributed by atoms with E-state index in [-0.39, 0.29) is 24.0 Å². The summed E-state index contributed by atoms with van der Waals surface area (Å²) >= 11 is 1.52. The number of aryl methyl sites for hydroxylation is 1. The summed E-state index contributed by atoms with van der Waals surface area (Å²) in [6, 6.07) is 0. The molecule has 132 valence electrons. The second-order valence-electron chi connectivity index (χ2n) is 5.50. The van der Waals surface area contributed by atoms with Crippen molar-refractivity contribution in [2.24, 2.45) is 4.99 Å². The maximum absolute atomic E-state index is 4.58. The summed E-state index contributed by atoms with van der Waals surface area (Å²) in [7, 11) is 1.87. The lowest BCUT2D eigenvalue weighted by Crippen LogP contribution is -2.52. The molecule has 1 aliphatic heterocycles. The Hall–Kier alpha value is -0.640. The first-order chi connectivity index (χ1) is 10.8. The predicted octanol–water partition coefficient (Wildman–Crippen LogP) is 2.61. The average molecular weight is 452 g/mol. The summed E-state index contributed by atoms with van der Waals surface area (Å²) in [4.78, 5) is 13.7. The molecule has 1 N–H and O–H groups in total. The number of aliphatic imine (C=N–C) groups is 1. The summed E-state index contributed by atoms with van der Waals surface area (Å²) in [5.74, 6) is 1.98. The highest BCUT2D eigenvalue weighted by atomic mass is 127. The van der Waals surface area contributed by atoms with Gasteiger partial charge in [-0.05, 0) is 6.42 Å². The van der Waals surface area contributed by atoms with Crippen molar-refractivity contribution in [3.05, 3.63) is 5.82 Å². The lowest BCUT2D eigenvalue weighted by Gasteiger charge is -2.36. The minimum Gasteiger partial charge on any atom is -0.356 e. The Bertz CT molecular complexity index is 470. The van der Waals surface area contributed by atoms with Crippen LogP contribution < -0.4 is 10.2 Å². The summed E-state index contributed by atoms with van der Waals surface area (Å²) in [5, 5.41) is 4.53. The molecule has 2 rings (SSSR count). The molecule has 1 aromatic heterocycles. The number of unbranched alkanes of at least 4 members (excludes halogenated alkanes) is 2.